The number of aliphatic hydroxyl groups is 1. The Balaban J connectivity index is 3.91. The molecule has 0 aromatic heterocycles. The van der Waals surface area contributed by atoms with Crippen LogP contribution in [0.2, 0.25) is 0 Å². The Kier molecular flexibility index (Phi) is 3.89. The SMILES string of the molecule is CC(C)(C)CC(O)(F)CNP. The van der Waals surface area contributed by atoms with Crippen LogP contribution in [0.4, 0.5) is 4.39 Å². The Morgan fingerprint density at radius 2 is 1.91 bits per heavy atom. The molecule has 0 aromatic carbocycles. The first-order valence-corrected chi connectivity index (χ1v) is 4.19. The Hall–Kier alpha value is 0.280. The molecule has 0 spiro atoms. The Bertz CT molecular complexity index is 122. The monoisotopic (exact) mass is 181 g/mol. The van der Waals surface area contributed by atoms with Crippen molar-refractivity contribution in [2.45, 2.75) is 33.0 Å². The summed E-state index contributed by atoms with van der Waals surface area (Å²) in [6.07, 6.45) is 0.140. The predicted octanol–water partition coefficient (Wildman–Crippen LogP) is 1.46. The van der Waals surface area contributed by atoms with Gasteiger partial charge in [-0.05, 0) is 5.41 Å². The molecule has 0 radical (unpaired) electrons. The molecular weight excluding hydrogens is 164 g/mol. The van der Waals surface area contributed by atoms with Crippen LogP contribution in [0, 0.1) is 5.41 Å². The largest absolute Gasteiger partial charge is 0.361 e. The van der Waals surface area contributed by atoms with Gasteiger partial charge in [0.1, 0.15) is 0 Å². The lowest BCUT2D eigenvalue weighted by atomic mass is 9.88. The molecule has 0 saturated heterocycles. The second-order valence-corrected chi connectivity index (χ2v) is 4.44. The van der Waals surface area contributed by atoms with Crippen LogP contribution in [0.5, 0.6) is 0 Å². The van der Waals surface area contributed by atoms with Gasteiger partial charge < -0.3 is 5.11 Å². The van der Waals surface area contributed by atoms with E-state index in [9.17, 15) is 4.39 Å². The summed E-state index contributed by atoms with van der Waals surface area (Å²) in [5.74, 6) is -2.10. The Morgan fingerprint density at radius 3 is 2.18 bits per heavy atom. The van der Waals surface area contributed by atoms with Crippen molar-refractivity contribution in [1.82, 2.24) is 5.09 Å². The molecule has 0 aromatic rings. The van der Waals surface area contributed by atoms with Crippen LogP contribution < -0.4 is 5.09 Å². The van der Waals surface area contributed by atoms with Crippen molar-refractivity contribution in [3.05, 3.63) is 0 Å². The number of hydrogen-bond acceptors (Lipinski definition) is 2. The zero-order valence-electron chi connectivity index (χ0n) is 7.32. The van der Waals surface area contributed by atoms with E-state index in [4.69, 9.17) is 5.11 Å². The summed E-state index contributed by atoms with van der Waals surface area (Å²) in [4.78, 5) is 0. The van der Waals surface area contributed by atoms with Gasteiger partial charge in [-0.3, -0.25) is 5.09 Å². The van der Waals surface area contributed by atoms with E-state index in [-0.39, 0.29) is 18.4 Å². The summed E-state index contributed by atoms with van der Waals surface area (Å²) in [6.45, 7) is 5.62. The van der Waals surface area contributed by atoms with E-state index < -0.39 is 5.85 Å². The van der Waals surface area contributed by atoms with Crippen LogP contribution in [0.3, 0.4) is 0 Å². The van der Waals surface area contributed by atoms with Crippen LogP contribution in [0.1, 0.15) is 27.2 Å². The average molecular weight is 181 g/mol. The maximum Gasteiger partial charge on any atom is 0.220 e. The van der Waals surface area contributed by atoms with E-state index >= 15 is 0 Å². The zero-order valence-corrected chi connectivity index (χ0v) is 8.47. The first-order chi connectivity index (χ1) is 4.77. The predicted molar refractivity (Wildman–Crippen MR) is 47.8 cm³/mol. The van der Waals surface area contributed by atoms with Crippen molar-refractivity contribution in [3.63, 3.8) is 0 Å². The lowest BCUT2D eigenvalue weighted by Crippen LogP contribution is -2.36. The molecule has 0 aliphatic heterocycles. The number of alkyl halides is 1. The third-order valence-electron chi connectivity index (χ3n) is 1.17. The minimum atomic E-state index is -2.10. The number of halogens is 1. The van der Waals surface area contributed by atoms with Crippen LogP contribution in [-0.2, 0) is 0 Å². The van der Waals surface area contributed by atoms with Gasteiger partial charge in [-0.2, -0.15) is 0 Å². The fraction of sp³-hybridized carbons (Fsp3) is 1.00. The summed E-state index contributed by atoms with van der Waals surface area (Å²) >= 11 is 0. The van der Waals surface area contributed by atoms with Crippen molar-refractivity contribution < 1.29 is 9.50 Å². The molecule has 2 unspecified atom stereocenters. The van der Waals surface area contributed by atoms with E-state index in [1.54, 1.807) is 0 Å². The third kappa shape index (κ3) is 6.67. The summed E-state index contributed by atoms with van der Waals surface area (Å²) in [5, 5.41) is 11.6. The van der Waals surface area contributed by atoms with Crippen molar-refractivity contribution in [2.24, 2.45) is 5.41 Å². The maximum atomic E-state index is 13.1. The highest BCUT2D eigenvalue weighted by Crippen LogP contribution is 2.27. The average Bonchev–Trinajstić information content (AvgIpc) is 1.55. The summed E-state index contributed by atoms with van der Waals surface area (Å²) in [5.41, 5.74) is -0.189. The molecule has 0 amide bonds. The van der Waals surface area contributed by atoms with Crippen LogP contribution in [-0.4, -0.2) is 17.5 Å². The molecule has 11 heavy (non-hydrogen) atoms. The first-order valence-electron chi connectivity index (χ1n) is 3.62. The normalized spacial score (nSPS) is 18.0. The number of rotatable bonds is 3. The van der Waals surface area contributed by atoms with E-state index in [1.165, 1.54) is 0 Å². The third-order valence-corrected chi connectivity index (χ3v) is 1.38. The quantitative estimate of drug-likeness (QED) is 0.646. The van der Waals surface area contributed by atoms with Gasteiger partial charge in [-0.15, -0.1) is 0 Å². The van der Waals surface area contributed by atoms with Crippen molar-refractivity contribution in [3.8, 4) is 0 Å². The minimum absolute atomic E-state index is 0.0467. The lowest BCUT2D eigenvalue weighted by molar-refractivity contribution is -0.107. The van der Waals surface area contributed by atoms with Crippen molar-refractivity contribution in [1.29, 1.82) is 0 Å². The second kappa shape index (κ2) is 3.79. The summed E-state index contributed by atoms with van der Waals surface area (Å²) in [7, 11) is 2.16. The van der Waals surface area contributed by atoms with Gasteiger partial charge in [-0.25, -0.2) is 4.39 Å². The molecule has 0 heterocycles. The van der Waals surface area contributed by atoms with Crippen LogP contribution in [0.25, 0.3) is 0 Å². The van der Waals surface area contributed by atoms with Gasteiger partial charge in [0.05, 0.1) is 6.54 Å². The maximum absolute atomic E-state index is 13.1. The zero-order chi connectivity index (χ0) is 9.12. The van der Waals surface area contributed by atoms with E-state index in [0.29, 0.717) is 0 Å². The molecule has 0 saturated carbocycles. The van der Waals surface area contributed by atoms with Crippen molar-refractivity contribution in [2.75, 3.05) is 6.54 Å². The Morgan fingerprint density at radius 1 is 1.45 bits per heavy atom. The fourth-order valence-corrected chi connectivity index (χ4v) is 1.34. The van der Waals surface area contributed by atoms with Gasteiger partial charge in [0.25, 0.3) is 0 Å². The Labute approximate surface area is 69.8 Å². The molecule has 2 nitrogen and oxygen atoms in total. The standard InChI is InChI=1S/C7H17FNOP/c1-6(2,3)4-7(8,10)5-9-11/h9-10H,4-5,11H2,1-3H3. The molecule has 0 fully saturated rings. The highest BCUT2D eigenvalue weighted by Gasteiger charge is 2.30. The number of hydrogen-bond donors (Lipinski definition) is 2. The van der Waals surface area contributed by atoms with E-state index in [2.05, 4.69) is 14.5 Å². The topological polar surface area (TPSA) is 32.3 Å². The smallest absolute Gasteiger partial charge is 0.220 e. The van der Waals surface area contributed by atoms with Gasteiger partial charge >= 0.3 is 0 Å². The minimum Gasteiger partial charge on any atom is -0.361 e. The lowest BCUT2D eigenvalue weighted by Gasteiger charge is -2.27. The molecule has 2 N–H and O–H groups in total. The molecule has 2 atom stereocenters. The van der Waals surface area contributed by atoms with E-state index in [1.807, 2.05) is 20.8 Å². The fourth-order valence-electron chi connectivity index (χ4n) is 1.03. The molecule has 0 aliphatic rings. The highest BCUT2D eigenvalue weighted by atomic mass is 31.0. The molecule has 0 bridgehead atoms. The molecular formula is C7H17FNOP. The van der Waals surface area contributed by atoms with Gasteiger partial charge in [0, 0.05) is 6.42 Å². The summed E-state index contributed by atoms with van der Waals surface area (Å²) < 4.78 is 13.1. The van der Waals surface area contributed by atoms with E-state index in [0.717, 1.165) is 0 Å². The highest BCUT2D eigenvalue weighted by molar-refractivity contribution is 7.13. The molecule has 0 aliphatic carbocycles. The molecule has 0 rings (SSSR count). The van der Waals surface area contributed by atoms with Gasteiger partial charge in [0.15, 0.2) is 0 Å². The van der Waals surface area contributed by atoms with Crippen molar-refractivity contribution >= 4 is 9.39 Å². The van der Waals surface area contributed by atoms with Crippen LogP contribution >= 0.6 is 9.39 Å². The van der Waals surface area contributed by atoms with Gasteiger partial charge in [-0.1, -0.05) is 30.2 Å². The van der Waals surface area contributed by atoms with Crippen LogP contribution in [0.15, 0.2) is 0 Å². The second-order valence-electron chi connectivity index (χ2n) is 4.04. The molecule has 4 heteroatoms. The summed E-state index contributed by atoms with van der Waals surface area (Å²) in [6, 6.07) is 0. The molecule has 68 valence electrons. The number of nitrogens with one attached hydrogen (secondary N) is 1. The first kappa shape index (κ1) is 11.3. The van der Waals surface area contributed by atoms with Gasteiger partial charge in [0.2, 0.25) is 5.85 Å².